The molecule has 0 radical (unpaired) electrons. The van der Waals surface area contributed by atoms with Crippen LogP contribution in [0.4, 0.5) is 0 Å². The SMILES string of the molecule is C[C@H](N)c1ccc(OCC2CCOCC2)c(Cl)c1. The number of nitrogens with two attached hydrogens (primary N) is 1. The molecular formula is C14H20ClNO2. The lowest BCUT2D eigenvalue weighted by atomic mass is 10.0. The lowest BCUT2D eigenvalue weighted by Gasteiger charge is -2.22. The van der Waals surface area contributed by atoms with Crippen molar-refractivity contribution in [2.45, 2.75) is 25.8 Å². The quantitative estimate of drug-likeness (QED) is 0.913. The Labute approximate surface area is 113 Å². The first-order chi connectivity index (χ1) is 8.66. The number of halogens is 1. The molecule has 1 aliphatic heterocycles. The Kier molecular flexibility index (Phi) is 4.87. The molecule has 1 aromatic rings. The molecule has 1 fully saturated rings. The molecule has 3 nitrogen and oxygen atoms in total. The van der Waals surface area contributed by atoms with Gasteiger partial charge in [-0.1, -0.05) is 17.7 Å². The molecule has 2 N–H and O–H groups in total. The van der Waals surface area contributed by atoms with E-state index in [1.54, 1.807) is 0 Å². The summed E-state index contributed by atoms with van der Waals surface area (Å²) in [6.45, 7) is 4.32. The van der Waals surface area contributed by atoms with Crippen molar-refractivity contribution in [3.63, 3.8) is 0 Å². The maximum Gasteiger partial charge on any atom is 0.137 e. The Balaban J connectivity index is 1.92. The normalized spacial score (nSPS) is 18.6. The van der Waals surface area contributed by atoms with Crippen molar-refractivity contribution in [1.82, 2.24) is 0 Å². The van der Waals surface area contributed by atoms with Gasteiger partial charge in [-0.3, -0.25) is 0 Å². The summed E-state index contributed by atoms with van der Waals surface area (Å²) in [5.41, 5.74) is 6.84. The van der Waals surface area contributed by atoms with Crippen molar-refractivity contribution in [3.05, 3.63) is 28.8 Å². The van der Waals surface area contributed by atoms with Gasteiger partial charge in [0.1, 0.15) is 5.75 Å². The second-order valence-corrected chi connectivity index (χ2v) is 5.25. The fourth-order valence-corrected chi connectivity index (χ4v) is 2.28. The standard InChI is InChI=1S/C14H20ClNO2/c1-10(16)12-2-3-14(13(15)8-12)18-9-11-4-6-17-7-5-11/h2-3,8,10-11H,4-7,9,16H2,1H3/t10-/m0/s1. The first kappa shape index (κ1) is 13.7. The zero-order chi connectivity index (χ0) is 13.0. The number of rotatable bonds is 4. The zero-order valence-corrected chi connectivity index (χ0v) is 11.5. The van der Waals surface area contributed by atoms with E-state index in [0.717, 1.165) is 37.4 Å². The summed E-state index contributed by atoms with van der Waals surface area (Å²) in [5.74, 6) is 1.32. The van der Waals surface area contributed by atoms with Crippen LogP contribution in [0.5, 0.6) is 5.75 Å². The van der Waals surface area contributed by atoms with Crippen LogP contribution in [0.25, 0.3) is 0 Å². The first-order valence-corrected chi connectivity index (χ1v) is 6.80. The minimum Gasteiger partial charge on any atom is -0.492 e. The largest absolute Gasteiger partial charge is 0.492 e. The molecule has 0 bridgehead atoms. The van der Waals surface area contributed by atoms with Crippen LogP contribution in [0.1, 0.15) is 31.4 Å². The van der Waals surface area contributed by atoms with Gasteiger partial charge in [0.25, 0.3) is 0 Å². The highest BCUT2D eigenvalue weighted by atomic mass is 35.5. The minimum atomic E-state index is -0.00737. The van der Waals surface area contributed by atoms with E-state index in [1.807, 2.05) is 25.1 Å². The maximum absolute atomic E-state index is 6.19. The van der Waals surface area contributed by atoms with Crippen LogP contribution in [0, 0.1) is 5.92 Å². The van der Waals surface area contributed by atoms with Crippen LogP contribution < -0.4 is 10.5 Å². The Morgan fingerprint density at radius 3 is 2.78 bits per heavy atom. The van der Waals surface area contributed by atoms with Crippen molar-refractivity contribution in [1.29, 1.82) is 0 Å². The molecule has 0 saturated carbocycles. The molecule has 18 heavy (non-hydrogen) atoms. The van der Waals surface area contributed by atoms with Crippen LogP contribution in [-0.2, 0) is 4.74 Å². The molecule has 100 valence electrons. The summed E-state index contributed by atoms with van der Waals surface area (Å²) < 4.78 is 11.1. The average molecular weight is 270 g/mol. The molecule has 1 heterocycles. The number of ether oxygens (including phenoxy) is 2. The number of hydrogen-bond acceptors (Lipinski definition) is 3. The second-order valence-electron chi connectivity index (χ2n) is 4.85. The Hall–Kier alpha value is -0.770. The number of hydrogen-bond donors (Lipinski definition) is 1. The first-order valence-electron chi connectivity index (χ1n) is 6.42. The highest BCUT2D eigenvalue weighted by Crippen LogP contribution is 2.28. The Morgan fingerprint density at radius 1 is 1.44 bits per heavy atom. The molecule has 4 heteroatoms. The molecule has 0 aromatic heterocycles. The van der Waals surface area contributed by atoms with Gasteiger partial charge in [0.05, 0.1) is 11.6 Å². The fourth-order valence-electron chi connectivity index (χ4n) is 2.04. The lowest BCUT2D eigenvalue weighted by molar-refractivity contribution is 0.0498. The van der Waals surface area contributed by atoms with Crippen LogP contribution >= 0.6 is 11.6 Å². The zero-order valence-electron chi connectivity index (χ0n) is 10.7. The van der Waals surface area contributed by atoms with E-state index in [2.05, 4.69) is 0 Å². The van der Waals surface area contributed by atoms with Crippen LogP contribution in [0.15, 0.2) is 18.2 Å². The van der Waals surface area contributed by atoms with Gasteiger partial charge >= 0.3 is 0 Å². The molecule has 0 amide bonds. The highest BCUT2D eigenvalue weighted by Gasteiger charge is 2.15. The van der Waals surface area contributed by atoms with E-state index in [4.69, 9.17) is 26.8 Å². The van der Waals surface area contributed by atoms with Crippen molar-refractivity contribution in [3.8, 4) is 5.75 Å². The van der Waals surface area contributed by atoms with Crippen molar-refractivity contribution >= 4 is 11.6 Å². The molecule has 0 unspecified atom stereocenters. The van der Waals surface area contributed by atoms with Crippen LogP contribution in [-0.4, -0.2) is 19.8 Å². The smallest absolute Gasteiger partial charge is 0.137 e. The third-order valence-corrected chi connectivity index (χ3v) is 3.59. The predicted molar refractivity (Wildman–Crippen MR) is 73.1 cm³/mol. The van der Waals surface area contributed by atoms with Crippen molar-refractivity contribution < 1.29 is 9.47 Å². The predicted octanol–water partition coefficient (Wildman–Crippen LogP) is 3.17. The van der Waals surface area contributed by atoms with Crippen LogP contribution in [0.3, 0.4) is 0 Å². The Bertz CT molecular complexity index is 389. The highest BCUT2D eigenvalue weighted by molar-refractivity contribution is 6.32. The van der Waals surface area contributed by atoms with Gasteiger partial charge in [0.15, 0.2) is 0 Å². The molecule has 1 aliphatic rings. The summed E-state index contributed by atoms with van der Waals surface area (Å²) in [6.07, 6.45) is 2.13. The van der Waals surface area contributed by atoms with Crippen molar-refractivity contribution in [2.24, 2.45) is 11.7 Å². The van der Waals surface area contributed by atoms with E-state index in [-0.39, 0.29) is 6.04 Å². The van der Waals surface area contributed by atoms with Crippen molar-refractivity contribution in [2.75, 3.05) is 19.8 Å². The topological polar surface area (TPSA) is 44.5 Å². The van der Waals surface area contributed by atoms with Gasteiger partial charge in [0, 0.05) is 19.3 Å². The summed E-state index contributed by atoms with van der Waals surface area (Å²) in [5, 5.41) is 0.636. The molecule has 0 aliphatic carbocycles. The average Bonchev–Trinajstić information content (AvgIpc) is 2.38. The van der Waals surface area contributed by atoms with Gasteiger partial charge < -0.3 is 15.2 Å². The van der Waals surface area contributed by atoms with E-state index in [0.29, 0.717) is 17.5 Å². The molecule has 0 spiro atoms. The van der Waals surface area contributed by atoms with E-state index in [9.17, 15) is 0 Å². The third kappa shape index (κ3) is 3.61. The summed E-state index contributed by atoms with van der Waals surface area (Å²) >= 11 is 6.19. The maximum atomic E-state index is 6.19. The summed E-state index contributed by atoms with van der Waals surface area (Å²) in [7, 11) is 0. The van der Waals surface area contributed by atoms with E-state index in [1.165, 1.54) is 0 Å². The molecule has 1 aromatic carbocycles. The molecule has 1 saturated heterocycles. The minimum absolute atomic E-state index is 0.00737. The molecule has 1 atom stereocenters. The third-order valence-electron chi connectivity index (χ3n) is 3.30. The Morgan fingerprint density at radius 2 is 2.17 bits per heavy atom. The number of benzene rings is 1. The van der Waals surface area contributed by atoms with E-state index >= 15 is 0 Å². The van der Waals surface area contributed by atoms with Gasteiger partial charge in [-0.25, -0.2) is 0 Å². The molecule has 2 rings (SSSR count). The van der Waals surface area contributed by atoms with E-state index < -0.39 is 0 Å². The fraction of sp³-hybridized carbons (Fsp3) is 0.571. The van der Waals surface area contributed by atoms with Crippen LogP contribution in [0.2, 0.25) is 5.02 Å². The van der Waals surface area contributed by atoms with Gasteiger partial charge in [-0.15, -0.1) is 0 Å². The monoisotopic (exact) mass is 269 g/mol. The van der Waals surface area contributed by atoms with Gasteiger partial charge in [-0.05, 0) is 43.4 Å². The second kappa shape index (κ2) is 6.41. The summed E-state index contributed by atoms with van der Waals surface area (Å²) in [4.78, 5) is 0. The molecular weight excluding hydrogens is 250 g/mol. The lowest BCUT2D eigenvalue weighted by Crippen LogP contribution is -2.21. The van der Waals surface area contributed by atoms with Gasteiger partial charge in [-0.2, -0.15) is 0 Å². The van der Waals surface area contributed by atoms with Gasteiger partial charge in [0.2, 0.25) is 0 Å². The summed E-state index contributed by atoms with van der Waals surface area (Å²) in [6, 6.07) is 5.74.